The minimum Gasteiger partial charge on any atom is -0.310 e. The van der Waals surface area contributed by atoms with E-state index in [1.54, 1.807) is 6.33 Å². The molecule has 0 bridgehead atoms. The van der Waals surface area contributed by atoms with Gasteiger partial charge in [0.25, 0.3) is 0 Å². The van der Waals surface area contributed by atoms with Gasteiger partial charge in [0.05, 0.1) is 23.1 Å². The zero-order valence-electron chi connectivity index (χ0n) is 14.6. The molecule has 0 amide bonds. The van der Waals surface area contributed by atoms with Crippen LogP contribution in [0.4, 0.5) is 11.8 Å². The number of nitrogens with zero attached hydrogens (tertiary/aromatic N) is 4. The van der Waals surface area contributed by atoms with E-state index >= 15 is 0 Å². The van der Waals surface area contributed by atoms with Gasteiger partial charge in [0, 0.05) is 5.39 Å². The Bertz CT molecular complexity index is 1220. The highest BCUT2D eigenvalue weighted by Crippen LogP contribution is 2.26. The van der Waals surface area contributed by atoms with Gasteiger partial charge in [0.2, 0.25) is 5.95 Å². The second kappa shape index (κ2) is 6.53. The lowest BCUT2D eigenvalue weighted by molar-refractivity contribution is 0.834. The lowest BCUT2D eigenvalue weighted by Gasteiger charge is -2.12. The normalized spacial score (nSPS) is 11.1. The molecule has 0 saturated carbocycles. The van der Waals surface area contributed by atoms with Crippen molar-refractivity contribution in [1.82, 2.24) is 19.5 Å². The molecule has 27 heavy (non-hydrogen) atoms. The van der Waals surface area contributed by atoms with Crippen LogP contribution in [0, 0.1) is 0 Å². The number of benzene rings is 3. The molecule has 2 heterocycles. The number of imidazole rings is 1. The first-order chi connectivity index (χ1) is 13.4. The first kappa shape index (κ1) is 15.5. The van der Waals surface area contributed by atoms with Gasteiger partial charge in [-0.05, 0) is 29.8 Å². The van der Waals surface area contributed by atoms with Gasteiger partial charge in [-0.3, -0.25) is 0 Å². The SMILES string of the molecule is c1ccc(Cn2c(Nc3ncnc4ccccc34)nc3ccccc32)cc1. The maximum atomic E-state index is 4.80. The van der Waals surface area contributed by atoms with E-state index in [1.165, 1.54) is 5.56 Å². The van der Waals surface area contributed by atoms with Crippen LogP contribution in [0.1, 0.15) is 5.56 Å². The maximum absolute atomic E-state index is 4.80. The first-order valence-electron chi connectivity index (χ1n) is 8.84. The Hall–Kier alpha value is -3.73. The second-order valence-electron chi connectivity index (χ2n) is 6.36. The van der Waals surface area contributed by atoms with Crippen molar-refractivity contribution in [2.24, 2.45) is 0 Å². The van der Waals surface area contributed by atoms with E-state index in [9.17, 15) is 0 Å². The van der Waals surface area contributed by atoms with E-state index in [-0.39, 0.29) is 0 Å². The van der Waals surface area contributed by atoms with E-state index in [0.717, 1.165) is 40.2 Å². The quantitative estimate of drug-likeness (QED) is 0.507. The van der Waals surface area contributed by atoms with Gasteiger partial charge in [-0.25, -0.2) is 15.0 Å². The fraction of sp³-hybridized carbons (Fsp3) is 0.0455. The van der Waals surface area contributed by atoms with Gasteiger partial charge in [0.1, 0.15) is 12.1 Å². The summed E-state index contributed by atoms with van der Waals surface area (Å²) in [5, 5.41) is 4.40. The molecule has 0 spiro atoms. The third kappa shape index (κ3) is 2.89. The smallest absolute Gasteiger partial charge is 0.209 e. The predicted octanol–water partition coefficient (Wildman–Crippen LogP) is 4.77. The molecule has 5 heteroatoms. The van der Waals surface area contributed by atoms with Crippen molar-refractivity contribution in [3.63, 3.8) is 0 Å². The van der Waals surface area contributed by atoms with Crippen LogP contribution in [0.15, 0.2) is 85.2 Å². The Morgan fingerprint density at radius 3 is 2.37 bits per heavy atom. The number of rotatable bonds is 4. The van der Waals surface area contributed by atoms with E-state index in [4.69, 9.17) is 4.98 Å². The summed E-state index contributed by atoms with van der Waals surface area (Å²) in [7, 11) is 0. The lowest BCUT2D eigenvalue weighted by Crippen LogP contribution is -2.06. The van der Waals surface area contributed by atoms with Crippen LogP contribution in [0.25, 0.3) is 21.9 Å². The molecule has 5 rings (SSSR count). The Balaban J connectivity index is 1.63. The van der Waals surface area contributed by atoms with E-state index in [2.05, 4.69) is 50.2 Å². The molecule has 5 nitrogen and oxygen atoms in total. The number of aromatic nitrogens is 4. The average Bonchev–Trinajstić information content (AvgIpc) is 3.06. The maximum Gasteiger partial charge on any atom is 0.209 e. The molecule has 0 unspecified atom stereocenters. The van der Waals surface area contributed by atoms with Crippen LogP contribution in [-0.2, 0) is 6.54 Å². The van der Waals surface area contributed by atoms with Gasteiger partial charge in [-0.2, -0.15) is 0 Å². The molecule has 5 aromatic rings. The molecule has 2 aromatic heterocycles. The minimum atomic E-state index is 0.729. The van der Waals surface area contributed by atoms with Gasteiger partial charge < -0.3 is 9.88 Å². The summed E-state index contributed by atoms with van der Waals surface area (Å²) in [6.07, 6.45) is 1.58. The second-order valence-corrected chi connectivity index (χ2v) is 6.36. The van der Waals surface area contributed by atoms with Gasteiger partial charge in [-0.1, -0.05) is 54.6 Å². The van der Waals surface area contributed by atoms with Gasteiger partial charge in [-0.15, -0.1) is 0 Å². The van der Waals surface area contributed by atoms with Crippen LogP contribution < -0.4 is 5.32 Å². The summed E-state index contributed by atoms with van der Waals surface area (Å²) in [5.41, 5.74) is 4.16. The molecule has 0 radical (unpaired) electrons. The summed E-state index contributed by atoms with van der Waals surface area (Å²) in [6.45, 7) is 0.729. The number of para-hydroxylation sites is 3. The van der Waals surface area contributed by atoms with Crippen molar-refractivity contribution in [3.8, 4) is 0 Å². The topological polar surface area (TPSA) is 55.6 Å². The summed E-state index contributed by atoms with van der Waals surface area (Å²) >= 11 is 0. The molecule has 0 atom stereocenters. The lowest BCUT2D eigenvalue weighted by atomic mass is 10.2. The minimum absolute atomic E-state index is 0.729. The summed E-state index contributed by atoms with van der Waals surface area (Å²) < 4.78 is 2.18. The Labute approximate surface area is 156 Å². The first-order valence-corrected chi connectivity index (χ1v) is 8.84. The third-order valence-corrected chi connectivity index (χ3v) is 4.61. The van der Waals surface area contributed by atoms with E-state index < -0.39 is 0 Å². The van der Waals surface area contributed by atoms with Crippen molar-refractivity contribution < 1.29 is 0 Å². The monoisotopic (exact) mass is 351 g/mol. The highest BCUT2D eigenvalue weighted by molar-refractivity contribution is 5.90. The number of hydrogen-bond acceptors (Lipinski definition) is 4. The van der Waals surface area contributed by atoms with Gasteiger partial charge >= 0.3 is 0 Å². The average molecular weight is 351 g/mol. The predicted molar refractivity (Wildman–Crippen MR) is 108 cm³/mol. The Morgan fingerprint density at radius 1 is 0.741 bits per heavy atom. The molecular weight excluding hydrogens is 334 g/mol. The molecule has 3 aromatic carbocycles. The standard InChI is InChI=1S/C22H17N5/c1-2-8-16(9-3-1)14-27-20-13-7-6-12-19(20)25-22(27)26-21-17-10-4-5-11-18(17)23-15-24-21/h1-13,15H,14H2,(H,23,24,25,26). The molecule has 130 valence electrons. The number of hydrogen-bond donors (Lipinski definition) is 1. The number of anilines is 2. The summed E-state index contributed by atoms with van der Waals surface area (Å²) in [5.74, 6) is 1.52. The highest BCUT2D eigenvalue weighted by Gasteiger charge is 2.13. The summed E-state index contributed by atoms with van der Waals surface area (Å²) in [6, 6.07) is 26.5. The molecule has 1 N–H and O–H groups in total. The van der Waals surface area contributed by atoms with E-state index in [1.807, 2.05) is 48.5 Å². The largest absolute Gasteiger partial charge is 0.310 e. The molecular formula is C22H17N5. The van der Waals surface area contributed by atoms with Crippen molar-refractivity contribution in [3.05, 3.63) is 90.8 Å². The van der Waals surface area contributed by atoms with Crippen LogP contribution in [0.5, 0.6) is 0 Å². The molecule has 0 aliphatic carbocycles. The van der Waals surface area contributed by atoms with Crippen molar-refractivity contribution >= 4 is 33.7 Å². The van der Waals surface area contributed by atoms with Crippen LogP contribution >= 0.6 is 0 Å². The Kier molecular flexibility index (Phi) is 3.76. The third-order valence-electron chi connectivity index (χ3n) is 4.61. The van der Waals surface area contributed by atoms with E-state index in [0.29, 0.717) is 0 Å². The highest BCUT2D eigenvalue weighted by atomic mass is 15.2. The molecule has 0 fully saturated rings. The Morgan fingerprint density at radius 2 is 1.48 bits per heavy atom. The molecule has 0 saturated heterocycles. The van der Waals surface area contributed by atoms with Crippen molar-refractivity contribution in [2.75, 3.05) is 5.32 Å². The fourth-order valence-corrected chi connectivity index (χ4v) is 3.31. The van der Waals surface area contributed by atoms with Gasteiger partial charge in [0.15, 0.2) is 0 Å². The molecule has 0 aliphatic rings. The zero-order chi connectivity index (χ0) is 18.1. The van der Waals surface area contributed by atoms with Crippen LogP contribution in [0.3, 0.4) is 0 Å². The number of nitrogens with one attached hydrogen (secondary N) is 1. The van der Waals surface area contributed by atoms with Crippen LogP contribution in [-0.4, -0.2) is 19.5 Å². The fourth-order valence-electron chi connectivity index (χ4n) is 3.31. The number of fused-ring (bicyclic) bond motifs is 2. The zero-order valence-corrected chi connectivity index (χ0v) is 14.6. The van der Waals surface area contributed by atoms with Crippen molar-refractivity contribution in [1.29, 1.82) is 0 Å². The van der Waals surface area contributed by atoms with Crippen LogP contribution in [0.2, 0.25) is 0 Å². The molecule has 0 aliphatic heterocycles. The summed E-state index contributed by atoms with van der Waals surface area (Å²) in [4.78, 5) is 13.6. The van der Waals surface area contributed by atoms with Crippen molar-refractivity contribution in [2.45, 2.75) is 6.54 Å².